The Bertz CT molecular complexity index is 476. The van der Waals surface area contributed by atoms with Crippen molar-refractivity contribution in [3.05, 3.63) is 35.4 Å². The van der Waals surface area contributed by atoms with E-state index in [0.29, 0.717) is 18.2 Å². The lowest BCUT2D eigenvalue weighted by Crippen LogP contribution is -2.41. The normalized spacial score (nSPS) is 11.9. The minimum absolute atomic E-state index is 0.161. The van der Waals surface area contributed by atoms with Crippen molar-refractivity contribution in [3.8, 4) is 0 Å². The van der Waals surface area contributed by atoms with Gasteiger partial charge in [0.05, 0.1) is 6.42 Å². The molecule has 20 heavy (non-hydrogen) atoms. The summed E-state index contributed by atoms with van der Waals surface area (Å²) in [4.78, 5) is 22.6. The largest absolute Gasteiger partial charge is 0.480 e. The van der Waals surface area contributed by atoms with E-state index in [4.69, 9.17) is 5.11 Å². The van der Waals surface area contributed by atoms with Gasteiger partial charge in [0.1, 0.15) is 17.7 Å². The van der Waals surface area contributed by atoms with Gasteiger partial charge in [-0.3, -0.25) is 4.79 Å². The van der Waals surface area contributed by atoms with Crippen molar-refractivity contribution in [1.82, 2.24) is 5.32 Å². The molecular weight excluding hydrogens is 288 g/mol. The number of aliphatic carboxylic acids is 1. The first-order valence-electron chi connectivity index (χ1n) is 5.88. The smallest absolute Gasteiger partial charge is 0.326 e. The van der Waals surface area contributed by atoms with E-state index < -0.39 is 29.6 Å². The van der Waals surface area contributed by atoms with Crippen molar-refractivity contribution in [2.24, 2.45) is 0 Å². The number of carbonyl (C=O) groups excluding carboxylic acids is 1. The van der Waals surface area contributed by atoms with E-state index >= 15 is 0 Å². The fourth-order valence-corrected chi connectivity index (χ4v) is 2.11. The highest BCUT2D eigenvalue weighted by Gasteiger charge is 2.19. The SMILES string of the molecule is CSCC[C@H](NC(=O)Cc1cc(F)cc(F)c1)C(=O)O. The molecule has 0 aromatic heterocycles. The summed E-state index contributed by atoms with van der Waals surface area (Å²) >= 11 is 1.47. The van der Waals surface area contributed by atoms with Crippen LogP contribution in [0.3, 0.4) is 0 Å². The van der Waals surface area contributed by atoms with Crippen molar-refractivity contribution in [3.63, 3.8) is 0 Å². The first-order chi connectivity index (χ1) is 9.42. The van der Waals surface area contributed by atoms with Crippen LogP contribution in [-0.4, -0.2) is 35.0 Å². The molecule has 0 radical (unpaired) electrons. The van der Waals surface area contributed by atoms with E-state index in [0.717, 1.165) is 12.1 Å². The Hall–Kier alpha value is -1.63. The Balaban J connectivity index is 2.63. The summed E-state index contributed by atoms with van der Waals surface area (Å²) in [6, 6.07) is 1.80. The first kappa shape index (κ1) is 16.4. The monoisotopic (exact) mass is 303 g/mol. The number of nitrogens with one attached hydrogen (secondary N) is 1. The Morgan fingerprint density at radius 1 is 1.30 bits per heavy atom. The number of carbonyl (C=O) groups is 2. The van der Waals surface area contributed by atoms with Crippen LogP contribution in [0.1, 0.15) is 12.0 Å². The average molecular weight is 303 g/mol. The minimum Gasteiger partial charge on any atom is -0.480 e. The maximum absolute atomic E-state index is 13.0. The van der Waals surface area contributed by atoms with Gasteiger partial charge >= 0.3 is 5.97 Å². The second kappa shape index (κ2) is 7.84. The number of thioether (sulfide) groups is 1. The van der Waals surface area contributed by atoms with Crippen LogP contribution in [0, 0.1) is 11.6 Å². The Morgan fingerprint density at radius 3 is 2.40 bits per heavy atom. The average Bonchev–Trinajstić information content (AvgIpc) is 2.32. The molecule has 0 aliphatic heterocycles. The summed E-state index contributed by atoms with van der Waals surface area (Å²) in [5.74, 6) is -2.66. The molecule has 0 saturated heterocycles. The van der Waals surface area contributed by atoms with Crippen molar-refractivity contribution < 1.29 is 23.5 Å². The van der Waals surface area contributed by atoms with Crippen LogP contribution in [0.2, 0.25) is 0 Å². The minimum atomic E-state index is -1.13. The maximum Gasteiger partial charge on any atom is 0.326 e. The molecule has 0 fully saturated rings. The Labute approximate surface area is 119 Å². The quantitative estimate of drug-likeness (QED) is 0.806. The highest BCUT2D eigenvalue weighted by atomic mass is 32.2. The van der Waals surface area contributed by atoms with Gasteiger partial charge in [-0.1, -0.05) is 0 Å². The topological polar surface area (TPSA) is 66.4 Å². The second-order valence-corrected chi connectivity index (χ2v) is 5.18. The van der Waals surface area contributed by atoms with Crippen LogP contribution in [0.5, 0.6) is 0 Å². The number of carboxylic acid groups (broad SMARTS) is 1. The lowest BCUT2D eigenvalue weighted by Gasteiger charge is -2.14. The molecule has 1 amide bonds. The van der Waals surface area contributed by atoms with Crippen LogP contribution in [-0.2, 0) is 16.0 Å². The van der Waals surface area contributed by atoms with Crippen LogP contribution < -0.4 is 5.32 Å². The summed E-state index contributed by atoms with van der Waals surface area (Å²) < 4.78 is 25.9. The second-order valence-electron chi connectivity index (χ2n) is 4.19. The predicted octanol–water partition coefficient (Wildman–Crippen LogP) is 1.83. The molecule has 4 nitrogen and oxygen atoms in total. The Kier molecular flexibility index (Phi) is 6.44. The molecule has 0 spiro atoms. The number of halogens is 2. The third-order valence-corrected chi connectivity index (χ3v) is 3.17. The van der Waals surface area contributed by atoms with Gasteiger partial charge in [-0.2, -0.15) is 11.8 Å². The van der Waals surface area contributed by atoms with Gasteiger partial charge in [0.25, 0.3) is 0 Å². The number of hydrogen-bond donors (Lipinski definition) is 2. The van der Waals surface area contributed by atoms with Gasteiger partial charge in [-0.25, -0.2) is 13.6 Å². The van der Waals surface area contributed by atoms with Gasteiger partial charge in [0.15, 0.2) is 0 Å². The van der Waals surface area contributed by atoms with Crippen molar-refractivity contribution >= 4 is 23.6 Å². The van der Waals surface area contributed by atoms with Crippen LogP contribution in [0.25, 0.3) is 0 Å². The zero-order valence-electron chi connectivity index (χ0n) is 10.9. The zero-order chi connectivity index (χ0) is 15.1. The van der Waals surface area contributed by atoms with Crippen LogP contribution >= 0.6 is 11.8 Å². The highest BCUT2D eigenvalue weighted by Crippen LogP contribution is 2.09. The maximum atomic E-state index is 13.0. The molecule has 0 aliphatic rings. The Morgan fingerprint density at radius 2 is 1.90 bits per heavy atom. The molecule has 7 heteroatoms. The van der Waals surface area contributed by atoms with Gasteiger partial charge in [0.2, 0.25) is 5.91 Å². The molecule has 0 heterocycles. The highest BCUT2D eigenvalue weighted by molar-refractivity contribution is 7.98. The molecule has 1 aromatic carbocycles. The number of hydrogen-bond acceptors (Lipinski definition) is 3. The number of amides is 1. The molecule has 0 saturated carbocycles. The van der Waals surface area contributed by atoms with E-state index in [2.05, 4.69) is 5.32 Å². The summed E-state index contributed by atoms with van der Waals surface area (Å²) in [5, 5.41) is 11.3. The summed E-state index contributed by atoms with van der Waals surface area (Å²) in [7, 11) is 0. The van der Waals surface area contributed by atoms with Crippen molar-refractivity contribution in [2.45, 2.75) is 18.9 Å². The molecule has 1 atom stereocenters. The molecule has 0 bridgehead atoms. The fraction of sp³-hybridized carbons (Fsp3) is 0.385. The van der Waals surface area contributed by atoms with Crippen LogP contribution in [0.4, 0.5) is 8.78 Å². The van der Waals surface area contributed by atoms with Gasteiger partial charge in [-0.15, -0.1) is 0 Å². The fourth-order valence-electron chi connectivity index (χ4n) is 1.64. The van der Waals surface area contributed by atoms with Crippen molar-refractivity contribution in [1.29, 1.82) is 0 Å². The number of carboxylic acids is 1. The van der Waals surface area contributed by atoms with E-state index in [9.17, 15) is 18.4 Å². The lowest BCUT2D eigenvalue weighted by atomic mass is 10.1. The lowest BCUT2D eigenvalue weighted by molar-refractivity contribution is -0.141. The molecule has 1 rings (SSSR count). The van der Waals surface area contributed by atoms with Crippen LogP contribution in [0.15, 0.2) is 18.2 Å². The third-order valence-electron chi connectivity index (χ3n) is 2.53. The van der Waals surface area contributed by atoms with Gasteiger partial charge < -0.3 is 10.4 Å². The molecular formula is C13H15F2NO3S. The number of benzene rings is 1. The molecule has 2 N–H and O–H groups in total. The predicted molar refractivity (Wildman–Crippen MR) is 72.6 cm³/mol. The van der Waals surface area contributed by atoms with Crippen molar-refractivity contribution in [2.75, 3.05) is 12.0 Å². The van der Waals surface area contributed by atoms with E-state index in [-0.39, 0.29) is 12.0 Å². The van der Waals surface area contributed by atoms with E-state index in [1.165, 1.54) is 11.8 Å². The summed E-state index contributed by atoms with van der Waals surface area (Å²) in [6.07, 6.45) is 1.85. The zero-order valence-corrected chi connectivity index (χ0v) is 11.7. The summed E-state index contributed by atoms with van der Waals surface area (Å²) in [5.41, 5.74) is 0.161. The first-order valence-corrected chi connectivity index (χ1v) is 7.28. The van der Waals surface area contributed by atoms with Gasteiger partial charge in [0, 0.05) is 6.07 Å². The number of rotatable bonds is 7. The third kappa shape index (κ3) is 5.56. The van der Waals surface area contributed by atoms with Gasteiger partial charge in [-0.05, 0) is 36.1 Å². The molecule has 1 aromatic rings. The van der Waals surface area contributed by atoms with E-state index in [1.807, 2.05) is 6.26 Å². The molecule has 110 valence electrons. The molecule has 0 aliphatic carbocycles. The summed E-state index contributed by atoms with van der Waals surface area (Å²) in [6.45, 7) is 0. The molecule has 0 unspecified atom stereocenters. The standard InChI is InChI=1S/C13H15F2NO3S/c1-20-3-2-11(13(18)19)16-12(17)6-8-4-9(14)7-10(15)5-8/h4-5,7,11H,2-3,6H2,1H3,(H,16,17)(H,18,19)/t11-/m0/s1. The van der Waals surface area contributed by atoms with E-state index in [1.54, 1.807) is 0 Å².